The number of nitrogens with one attached hydrogen (secondary N) is 1. The van der Waals surface area contributed by atoms with E-state index in [1.807, 2.05) is 0 Å². The largest absolute Gasteiger partial charge is 0.416 e. The lowest BCUT2D eigenvalue weighted by atomic mass is 10.1. The smallest absolute Gasteiger partial charge is 0.325 e. The van der Waals surface area contributed by atoms with Gasteiger partial charge in [-0.05, 0) is 24.6 Å². The van der Waals surface area contributed by atoms with Crippen LogP contribution < -0.4 is 5.32 Å². The maximum Gasteiger partial charge on any atom is 0.416 e. The third-order valence-corrected chi connectivity index (χ3v) is 4.02. The number of alkyl halides is 3. The number of anilines is 1. The second-order valence-corrected chi connectivity index (χ2v) is 6.68. The van der Waals surface area contributed by atoms with Crippen molar-refractivity contribution in [3.8, 4) is 0 Å². The predicted octanol–water partition coefficient (Wildman–Crippen LogP) is 1.84. The number of halogens is 3. The van der Waals surface area contributed by atoms with Gasteiger partial charge in [-0.2, -0.15) is 17.5 Å². The number of sulfonamides is 1. The number of amides is 1. The lowest BCUT2D eigenvalue weighted by molar-refractivity contribution is -0.138. The molecule has 0 spiro atoms. The molecule has 0 aromatic heterocycles. The van der Waals surface area contributed by atoms with Gasteiger partial charge in [0, 0.05) is 12.7 Å². The van der Waals surface area contributed by atoms with Crippen LogP contribution in [0.4, 0.5) is 18.9 Å². The molecule has 0 aliphatic carbocycles. The van der Waals surface area contributed by atoms with Crippen molar-refractivity contribution in [1.29, 1.82) is 0 Å². The van der Waals surface area contributed by atoms with E-state index in [4.69, 9.17) is 0 Å². The van der Waals surface area contributed by atoms with Gasteiger partial charge in [-0.1, -0.05) is 6.07 Å². The van der Waals surface area contributed by atoms with Crippen LogP contribution in [0.15, 0.2) is 18.2 Å². The van der Waals surface area contributed by atoms with Gasteiger partial charge in [0.15, 0.2) is 0 Å². The lowest BCUT2D eigenvalue weighted by Crippen LogP contribution is -2.34. The Hall–Kier alpha value is -1.61. The van der Waals surface area contributed by atoms with Crippen LogP contribution in [0, 0.1) is 6.92 Å². The summed E-state index contributed by atoms with van der Waals surface area (Å²) in [6.07, 6.45) is -3.59. The second kappa shape index (κ2) is 6.02. The summed E-state index contributed by atoms with van der Waals surface area (Å²) in [7, 11) is -2.34. The number of hydrogen-bond donors (Lipinski definition) is 1. The van der Waals surface area contributed by atoms with Gasteiger partial charge in [0.05, 0.1) is 18.4 Å². The molecule has 0 unspecified atom stereocenters. The van der Waals surface area contributed by atoms with Crippen molar-refractivity contribution in [3.63, 3.8) is 0 Å². The van der Waals surface area contributed by atoms with E-state index in [2.05, 4.69) is 5.32 Å². The summed E-state index contributed by atoms with van der Waals surface area (Å²) in [5.74, 6) is -0.722. The van der Waals surface area contributed by atoms with Gasteiger partial charge in [-0.15, -0.1) is 0 Å². The van der Waals surface area contributed by atoms with Gasteiger partial charge in [0.1, 0.15) is 0 Å². The highest BCUT2D eigenvalue weighted by molar-refractivity contribution is 7.88. The molecule has 0 heterocycles. The fourth-order valence-corrected chi connectivity index (χ4v) is 1.88. The van der Waals surface area contributed by atoms with Crippen LogP contribution in [0.2, 0.25) is 0 Å². The van der Waals surface area contributed by atoms with E-state index in [1.165, 1.54) is 26.1 Å². The SMILES string of the molecule is Cc1ccc(NC(=O)CN(C)S(C)(=O)=O)cc1C(F)(F)F. The van der Waals surface area contributed by atoms with E-state index in [9.17, 15) is 26.4 Å². The van der Waals surface area contributed by atoms with Gasteiger partial charge in [-0.25, -0.2) is 8.42 Å². The van der Waals surface area contributed by atoms with Crippen molar-refractivity contribution in [1.82, 2.24) is 4.31 Å². The third kappa shape index (κ3) is 5.01. The number of hydrogen-bond acceptors (Lipinski definition) is 3. The standard InChI is InChI=1S/C12H15F3N2O3S/c1-8-4-5-9(6-10(8)12(13,14)15)16-11(18)7-17(2)21(3,19)20/h4-6H,7H2,1-3H3,(H,16,18). The highest BCUT2D eigenvalue weighted by atomic mass is 32.2. The predicted molar refractivity (Wildman–Crippen MR) is 72.3 cm³/mol. The molecule has 9 heteroatoms. The molecular weight excluding hydrogens is 309 g/mol. The highest BCUT2D eigenvalue weighted by Gasteiger charge is 2.32. The zero-order chi connectivity index (χ0) is 16.4. The van der Waals surface area contributed by atoms with E-state index in [1.54, 1.807) is 0 Å². The highest BCUT2D eigenvalue weighted by Crippen LogP contribution is 2.33. The number of aryl methyl sites for hydroxylation is 1. The Balaban J connectivity index is 2.87. The first-order valence-electron chi connectivity index (χ1n) is 5.80. The number of rotatable bonds is 4. The molecule has 1 N–H and O–H groups in total. The Bertz CT molecular complexity index is 642. The minimum atomic E-state index is -4.52. The first-order valence-corrected chi connectivity index (χ1v) is 7.65. The third-order valence-electron chi connectivity index (χ3n) is 2.76. The monoisotopic (exact) mass is 324 g/mol. The van der Waals surface area contributed by atoms with Gasteiger partial charge in [-0.3, -0.25) is 4.79 Å². The molecule has 5 nitrogen and oxygen atoms in total. The normalized spacial score (nSPS) is 12.5. The van der Waals surface area contributed by atoms with Crippen LogP contribution in [-0.4, -0.2) is 38.5 Å². The average molecular weight is 324 g/mol. The minimum Gasteiger partial charge on any atom is -0.325 e. The first-order chi connectivity index (χ1) is 9.41. The van der Waals surface area contributed by atoms with Crippen molar-refractivity contribution in [2.45, 2.75) is 13.1 Å². The summed E-state index contributed by atoms with van der Waals surface area (Å²) >= 11 is 0. The first kappa shape index (κ1) is 17.4. The van der Waals surface area contributed by atoms with E-state index in [0.29, 0.717) is 0 Å². The summed E-state index contributed by atoms with van der Waals surface area (Å²) in [5.41, 5.74) is -0.856. The van der Waals surface area contributed by atoms with Crippen molar-refractivity contribution >= 4 is 21.6 Å². The summed E-state index contributed by atoms with van der Waals surface area (Å²) in [6, 6.07) is 3.37. The van der Waals surface area contributed by atoms with E-state index < -0.39 is 34.2 Å². The average Bonchev–Trinajstić information content (AvgIpc) is 2.28. The van der Waals surface area contributed by atoms with Crippen molar-refractivity contribution < 1.29 is 26.4 Å². The van der Waals surface area contributed by atoms with Gasteiger partial charge >= 0.3 is 6.18 Å². The molecule has 0 saturated heterocycles. The summed E-state index contributed by atoms with van der Waals surface area (Å²) in [4.78, 5) is 11.6. The molecule has 0 fully saturated rings. The number of carbonyl (C=O) groups is 1. The fraction of sp³-hybridized carbons (Fsp3) is 0.417. The number of likely N-dealkylation sites (N-methyl/N-ethyl adjacent to an activating group) is 1. The Morgan fingerprint density at radius 2 is 1.90 bits per heavy atom. The summed E-state index contributed by atoms with van der Waals surface area (Å²) < 4.78 is 61.3. The topological polar surface area (TPSA) is 66.5 Å². The number of carbonyl (C=O) groups excluding carboxylic acids is 1. The Labute approximate surface area is 120 Å². The van der Waals surface area contributed by atoms with Crippen LogP contribution in [0.1, 0.15) is 11.1 Å². The van der Waals surface area contributed by atoms with Crippen LogP contribution in [0.5, 0.6) is 0 Å². The molecule has 0 atom stereocenters. The molecule has 118 valence electrons. The quantitative estimate of drug-likeness (QED) is 0.919. The molecule has 1 aromatic rings. The molecule has 0 saturated carbocycles. The molecule has 0 bridgehead atoms. The van der Waals surface area contributed by atoms with Crippen LogP contribution in [0.3, 0.4) is 0 Å². The van der Waals surface area contributed by atoms with Crippen LogP contribution >= 0.6 is 0 Å². The van der Waals surface area contributed by atoms with Gasteiger partial charge in [0.2, 0.25) is 15.9 Å². The molecular formula is C12H15F3N2O3S. The molecule has 1 aromatic carbocycles. The van der Waals surface area contributed by atoms with Crippen molar-refractivity contribution in [2.24, 2.45) is 0 Å². The van der Waals surface area contributed by atoms with E-state index >= 15 is 0 Å². The van der Waals surface area contributed by atoms with Crippen molar-refractivity contribution in [3.05, 3.63) is 29.3 Å². The van der Waals surface area contributed by atoms with E-state index in [-0.39, 0.29) is 11.3 Å². The number of benzene rings is 1. The van der Waals surface area contributed by atoms with Crippen molar-refractivity contribution in [2.75, 3.05) is 25.2 Å². The van der Waals surface area contributed by atoms with Gasteiger partial charge in [0.25, 0.3) is 0 Å². The molecule has 1 rings (SSSR count). The molecule has 21 heavy (non-hydrogen) atoms. The van der Waals surface area contributed by atoms with Crippen LogP contribution in [0.25, 0.3) is 0 Å². The Morgan fingerprint density at radius 1 is 1.33 bits per heavy atom. The zero-order valence-electron chi connectivity index (χ0n) is 11.7. The lowest BCUT2D eigenvalue weighted by Gasteiger charge is -2.15. The minimum absolute atomic E-state index is 0.0359. The second-order valence-electron chi connectivity index (χ2n) is 4.59. The zero-order valence-corrected chi connectivity index (χ0v) is 12.5. The van der Waals surface area contributed by atoms with E-state index in [0.717, 1.165) is 16.6 Å². The molecule has 0 aliphatic heterocycles. The molecule has 0 radical (unpaired) electrons. The maximum absolute atomic E-state index is 12.7. The fourth-order valence-electron chi connectivity index (χ4n) is 1.53. The maximum atomic E-state index is 12.7. The Kier molecular flexibility index (Phi) is 5.00. The van der Waals surface area contributed by atoms with Gasteiger partial charge < -0.3 is 5.32 Å². The number of nitrogens with zero attached hydrogens (tertiary/aromatic N) is 1. The summed E-state index contributed by atoms with van der Waals surface area (Å²) in [5, 5.41) is 2.24. The Morgan fingerprint density at radius 3 is 2.38 bits per heavy atom. The molecule has 0 aliphatic rings. The van der Waals surface area contributed by atoms with Crippen LogP contribution in [-0.2, 0) is 21.0 Å². The summed E-state index contributed by atoms with van der Waals surface area (Å²) in [6.45, 7) is 0.833. The molecule has 1 amide bonds.